The van der Waals surface area contributed by atoms with Gasteiger partial charge in [-0.1, -0.05) is 0 Å². The highest BCUT2D eigenvalue weighted by Gasteiger charge is 2.29. The lowest BCUT2D eigenvalue weighted by Gasteiger charge is -2.31. The molecule has 0 aromatic heterocycles. The van der Waals surface area contributed by atoms with Gasteiger partial charge in [-0.3, -0.25) is 0 Å². The van der Waals surface area contributed by atoms with E-state index in [-0.39, 0.29) is 16.7 Å². The normalized spacial score (nSPS) is 15.3. The van der Waals surface area contributed by atoms with Crippen LogP contribution in [0.5, 0.6) is 5.75 Å². The second-order valence-corrected chi connectivity index (χ2v) is 6.03. The quantitative estimate of drug-likeness (QED) is 0.828. The Kier molecular flexibility index (Phi) is 3.63. The van der Waals surface area contributed by atoms with Gasteiger partial charge in [0.15, 0.2) is 11.6 Å². The monoisotopic (exact) mass is 334 g/mol. The summed E-state index contributed by atoms with van der Waals surface area (Å²) < 4.78 is 46.8. The van der Waals surface area contributed by atoms with Gasteiger partial charge in [0.2, 0.25) is 0 Å². The van der Waals surface area contributed by atoms with Crippen molar-refractivity contribution in [2.24, 2.45) is 0 Å². The molecule has 0 amide bonds. The fourth-order valence-corrected chi connectivity index (χ4v) is 2.65. The van der Waals surface area contributed by atoms with E-state index in [0.717, 1.165) is 6.07 Å². The number of ether oxygens (including phenoxy) is 1. The van der Waals surface area contributed by atoms with Crippen molar-refractivity contribution in [3.8, 4) is 5.75 Å². The smallest absolute Gasteiger partial charge is 0.335 e. The molecule has 0 radical (unpaired) electrons. The van der Waals surface area contributed by atoms with Gasteiger partial charge in [-0.05, 0) is 49.8 Å². The van der Waals surface area contributed by atoms with Gasteiger partial charge in [-0.25, -0.2) is 18.0 Å². The summed E-state index contributed by atoms with van der Waals surface area (Å²) in [6.45, 7) is 3.44. The van der Waals surface area contributed by atoms with Gasteiger partial charge in [0.05, 0.1) is 5.56 Å². The van der Waals surface area contributed by atoms with E-state index < -0.39 is 29.0 Å². The zero-order chi connectivity index (χ0) is 17.6. The Morgan fingerprint density at radius 3 is 2.33 bits per heavy atom. The number of carbonyl (C=O) groups is 1. The van der Waals surface area contributed by atoms with Gasteiger partial charge < -0.3 is 9.84 Å². The Labute approximate surface area is 136 Å². The molecule has 6 heteroatoms. The van der Waals surface area contributed by atoms with Gasteiger partial charge in [0.25, 0.3) is 0 Å². The summed E-state index contributed by atoms with van der Waals surface area (Å²) in [5.74, 6) is -4.24. The van der Waals surface area contributed by atoms with Crippen LogP contribution < -0.4 is 4.74 Å². The molecular weight excluding hydrogens is 321 g/mol. The molecule has 0 saturated carbocycles. The predicted molar refractivity (Wildman–Crippen MR) is 81.5 cm³/mol. The molecule has 0 atom stereocenters. The lowest BCUT2D eigenvalue weighted by atomic mass is 9.88. The average Bonchev–Trinajstić information content (AvgIpc) is 2.48. The van der Waals surface area contributed by atoms with Crippen LogP contribution in [0.3, 0.4) is 0 Å². The summed E-state index contributed by atoms with van der Waals surface area (Å²) in [5.41, 5.74) is -0.454. The largest absolute Gasteiger partial charge is 0.483 e. The summed E-state index contributed by atoms with van der Waals surface area (Å²) in [4.78, 5) is 11.2. The van der Waals surface area contributed by atoms with Crippen molar-refractivity contribution < 1.29 is 27.8 Å². The number of rotatable bonds is 2. The molecule has 2 aromatic rings. The fourth-order valence-electron chi connectivity index (χ4n) is 2.65. The lowest BCUT2D eigenvalue weighted by molar-refractivity contribution is 0.0696. The third kappa shape index (κ3) is 2.75. The Balaban J connectivity index is 2.27. The van der Waals surface area contributed by atoms with Crippen LogP contribution >= 0.6 is 0 Å². The maximum atomic E-state index is 14.2. The molecule has 2 aromatic carbocycles. The maximum absolute atomic E-state index is 14.2. The number of carboxylic acids is 1. The topological polar surface area (TPSA) is 46.5 Å². The summed E-state index contributed by atoms with van der Waals surface area (Å²) in [5, 5.41) is 9.14. The van der Waals surface area contributed by atoms with Crippen LogP contribution in [0.25, 0.3) is 5.57 Å². The molecule has 1 aliphatic rings. The van der Waals surface area contributed by atoms with Gasteiger partial charge >= 0.3 is 5.97 Å². The molecule has 24 heavy (non-hydrogen) atoms. The van der Waals surface area contributed by atoms with Crippen LogP contribution in [0.15, 0.2) is 36.4 Å². The molecule has 3 nitrogen and oxygen atoms in total. The summed E-state index contributed by atoms with van der Waals surface area (Å²) in [7, 11) is 0. The number of carboxylic acid groups (broad SMARTS) is 1. The minimum absolute atomic E-state index is 0.0223. The van der Waals surface area contributed by atoms with E-state index in [1.807, 2.05) is 0 Å². The van der Waals surface area contributed by atoms with Crippen molar-refractivity contribution in [1.82, 2.24) is 0 Å². The number of fused-ring (bicyclic) bond motifs is 1. The molecule has 1 aliphatic heterocycles. The van der Waals surface area contributed by atoms with Gasteiger partial charge in [0.1, 0.15) is 17.2 Å². The van der Waals surface area contributed by atoms with E-state index in [2.05, 4.69) is 0 Å². The molecule has 3 rings (SSSR count). The number of hydrogen-bond donors (Lipinski definition) is 1. The van der Waals surface area contributed by atoms with Crippen LogP contribution in [0.4, 0.5) is 13.2 Å². The first-order valence-corrected chi connectivity index (χ1v) is 7.12. The van der Waals surface area contributed by atoms with Crippen LogP contribution in [0, 0.1) is 17.5 Å². The molecule has 1 N–H and O–H groups in total. The number of hydrogen-bond acceptors (Lipinski definition) is 2. The van der Waals surface area contributed by atoms with Crippen molar-refractivity contribution in [2.75, 3.05) is 0 Å². The van der Waals surface area contributed by atoms with Crippen molar-refractivity contribution in [3.63, 3.8) is 0 Å². The molecular formula is C18H13F3O3. The molecule has 0 spiro atoms. The predicted octanol–water partition coefficient (Wildman–Crippen LogP) is 4.40. The Hall–Kier alpha value is -2.76. The second-order valence-electron chi connectivity index (χ2n) is 6.03. The Morgan fingerprint density at radius 2 is 1.67 bits per heavy atom. The minimum Gasteiger partial charge on any atom is -0.483 e. The highest BCUT2D eigenvalue weighted by molar-refractivity contribution is 5.92. The highest BCUT2D eigenvalue weighted by atomic mass is 19.2. The van der Waals surface area contributed by atoms with Crippen LogP contribution in [-0.4, -0.2) is 16.7 Å². The Morgan fingerprint density at radius 1 is 1.00 bits per heavy atom. The third-order valence-corrected chi connectivity index (χ3v) is 3.68. The molecule has 0 bridgehead atoms. The van der Waals surface area contributed by atoms with Gasteiger partial charge in [-0.15, -0.1) is 0 Å². The first kappa shape index (κ1) is 16.1. The van der Waals surface area contributed by atoms with Crippen LogP contribution in [0.2, 0.25) is 0 Å². The van der Waals surface area contributed by atoms with Crippen molar-refractivity contribution in [1.29, 1.82) is 0 Å². The summed E-state index contributed by atoms with van der Waals surface area (Å²) in [6.07, 6.45) is 1.55. The summed E-state index contributed by atoms with van der Waals surface area (Å²) >= 11 is 0. The van der Waals surface area contributed by atoms with Crippen LogP contribution in [0.1, 0.15) is 35.3 Å². The first-order valence-electron chi connectivity index (χ1n) is 7.12. The molecule has 124 valence electrons. The van der Waals surface area contributed by atoms with E-state index in [1.54, 1.807) is 19.9 Å². The summed E-state index contributed by atoms with van der Waals surface area (Å²) in [6, 6.07) is 5.37. The van der Waals surface area contributed by atoms with E-state index in [1.165, 1.54) is 18.2 Å². The minimum atomic E-state index is -1.29. The number of aromatic carboxylic acids is 1. The maximum Gasteiger partial charge on any atom is 0.335 e. The first-order chi connectivity index (χ1) is 11.2. The SMILES string of the molecule is CC1(C)C=C(c2cc(F)c(F)cc2F)c2cc(C(=O)O)ccc2O1. The lowest BCUT2D eigenvalue weighted by Crippen LogP contribution is -2.29. The zero-order valence-electron chi connectivity index (χ0n) is 12.9. The van der Waals surface area contributed by atoms with Gasteiger partial charge in [-0.2, -0.15) is 0 Å². The number of benzene rings is 2. The third-order valence-electron chi connectivity index (χ3n) is 3.68. The number of halogens is 3. The van der Waals surface area contributed by atoms with Crippen molar-refractivity contribution in [2.45, 2.75) is 19.4 Å². The van der Waals surface area contributed by atoms with E-state index in [9.17, 15) is 18.0 Å². The van der Waals surface area contributed by atoms with Gasteiger partial charge in [0, 0.05) is 17.2 Å². The van der Waals surface area contributed by atoms with Crippen LogP contribution in [-0.2, 0) is 0 Å². The zero-order valence-corrected chi connectivity index (χ0v) is 12.9. The molecule has 0 aliphatic carbocycles. The molecule has 0 fully saturated rings. The fraction of sp³-hybridized carbons (Fsp3) is 0.167. The highest BCUT2D eigenvalue weighted by Crippen LogP contribution is 2.41. The van der Waals surface area contributed by atoms with E-state index in [4.69, 9.17) is 9.84 Å². The average molecular weight is 334 g/mol. The van der Waals surface area contributed by atoms with Crippen molar-refractivity contribution in [3.05, 3.63) is 70.5 Å². The Bertz CT molecular complexity index is 885. The second kappa shape index (κ2) is 5.40. The van der Waals surface area contributed by atoms with E-state index >= 15 is 0 Å². The molecule has 0 saturated heterocycles. The molecule has 1 heterocycles. The van der Waals surface area contributed by atoms with Crippen molar-refractivity contribution >= 4 is 11.5 Å². The van der Waals surface area contributed by atoms with E-state index in [0.29, 0.717) is 17.4 Å². The standard InChI is InChI=1S/C18H13F3O3/c1-18(2)8-12(10-6-14(20)15(21)7-13(10)19)11-5-9(17(22)23)3-4-16(11)24-18/h3-8H,1-2H3,(H,22,23). The molecule has 0 unspecified atom stereocenters.